The second-order valence-electron chi connectivity index (χ2n) is 6.11. The topological polar surface area (TPSA) is 23.5 Å². The van der Waals surface area contributed by atoms with E-state index in [1.54, 1.807) is 0 Å². The number of aliphatic hydroxyl groups excluding tert-OH is 1. The molecule has 0 aromatic heterocycles. The van der Waals surface area contributed by atoms with E-state index < -0.39 is 0 Å². The molecular weight excluding hydrogens is 234 g/mol. The van der Waals surface area contributed by atoms with E-state index in [9.17, 15) is 5.11 Å². The van der Waals surface area contributed by atoms with Gasteiger partial charge >= 0.3 is 0 Å². The molecule has 1 aromatic carbocycles. The third kappa shape index (κ3) is 2.51. The van der Waals surface area contributed by atoms with Gasteiger partial charge in [0.2, 0.25) is 0 Å². The van der Waals surface area contributed by atoms with E-state index in [1.807, 2.05) is 6.92 Å². The smallest absolute Gasteiger partial charge is 0.0787 e. The van der Waals surface area contributed by atoms with Crippen LogP contribution in [0.15, 0.2) is 24.3 Å². The van der Waals surface area contributed by atoms with E-state index in [4.69, 9.17) is 0 Å². The van der Waals surface area contributed by atoms with Crippen LogP contribution in [-0.2, 0) is 0 Å². The highest BCUT2D eigenvalue weighted by Crippen LogP contribution is 2.39. The van der Waals surface area contributed by atoms with Gasteiger partial charge in [-0.25, -0.2) is 0 Å². The van der Waals surface area contributed by atoms with Crippen LogP contribution in [0, 0.1) is 5.92 Å². The quantitative estimate of drug-likeness (QED) is 0.890. The highest BCUT2D eigenvalue weighted by Gasteiger charge is 2.34. The van der Waals surface area contributed by atoms with Gasteiger partial charge in [0.15, 0.2) is 0 Å². The summed E-state index contributed by atoms with van der Waals surface area (Å²) in [5, 5.41) is 9.87. The zero-order chi connectivity index (χ0) is 13.2. The summed E-state index contributed by atoms with van der Waals surface area (Å²) in [6, 6.07) is 9.38. The predicted molar refractivity (Wildman–Crippen MR) is 79.4 cm³/mol. The molecule has 1 N–H and O–H groups in total. The lowest BCUT2D eigenvalue weighted by molar-refractivity contribution is 0.173. The van der Waals surface area contributed by atoms with Gasteiger partial charge < -0.3 is 10.0 Å². The summed E-state index contributed by atoms with van der Waals surface area (Å²) in [5.41, 5.74) is 2.40. The lowest BCUT2D eigenvalue weighted by atomic mass is 9.91. The second-order valence-corrected chi connectivity index (χ2v) is 6.11. The van der Waals surface area contributed by atoms with Crippen LogP contribution < -0.4 is 4.90 Å². The van der Waals surface area contributed by atoms with Gasteiger partial charge in [0.1, 0.15) is 0 Å². The van der Waals surface area contributed by atoms with E-state index in [-0.39, 0.29) is 6.10 Å². The Morgan fingerprint density at radius 1 is 1.16 bits per heavy atom. The van der Waals surface area contributed by atoms with Gasteiger partial charge in [0.05, 0.1) is 6.10 Å². The number of rotatable bonds is 3. The Morgan fingerprint density at radius 3 is 2.63 bits per heavy atom. The first-order valence-electron chi connectivity index (χ1n) is 7.84. The lowest BCUT2D eigenvalue weighted by Gasteiger charge is -2.39. The maximum absolute atomic E-state index is 9.87. The Labute approximate surface area is 116 Å². The first kappa shape index (κ1) is 13.0. The van der Waals surface area contributed by atoms with Crippen molar-refractivity contribution in [2.45, 2.75) is 57.6 Å². The zero-order valence-corrected chi connectivity index (χ0v) is 11.9. The largest absolute Gasteiger partial charge is 0.388 e. The molecule has 19 heavy (non-hydrogen) atoms. The second kappa shape index (κ2) is 5.54. The standard InChI is InChI=1S/C17H25NO/c1-2-17(19)14-8-10-15(11-9-14)18-12-4-6-13-5-3-7-16(13)18/h8-11,13,16-17,19H,2-7,12H2,1H3/t13?,16?,17-/m0/s1. The van der Waals surface area contributed by atoms with Crippen LogP contribution in [0.4, 0.5) is 5.69 Å². The third-order valence-corrected chi connectivity index (χ3v) is 4.99. The van der Waals surface area contributed by atoms with Crippen molar-refractivity contribution < 1.29 is 5.11 Å². The highest BCUT2D eigenvalue weighted by atomic mass is 16.3. The van der Waals surface area contributed by atoms with Crippen molar-refractivity contribution in [1.29, 1.82) is 0 Å². The van der Waals surface area contributed by atoms with Crippen molar-refractivity contribution in [1.82, 2.24) is 0 Å². The minimum Gasteiger partial charge on any atom is -0.388 e. The van der Waals surface area contributed by atoms with Crippen molar-refractivity contribution >= 4 is 5.69 Å². The Hall–Kier alpha value is -1.02. The summed E-state index contributed by atoms with van der Waals surface area (Å²) in [6.07, 6.45) is 7.42. The molecule has 2 unspecified atom stereocenters. The molecule has 1 saturated carbocycles. The molecule has 0 bridgehead atoms. The molecule has 1 aromatic rings. The summed E-state index contributed by atoms with van der Waals surface area (Å²) in [5.74, 6) is 0.926. The Kier molecular flexibility index (Phi) is 3.79. The molecule has 1 saturated heterocycles. The number of hydrogen-bond acceptors (Lipinski definition) is 2. The van der Waals surface area contributed by atoms with Gasteiger partial charge in [-0.15, -0.1) is 0 Å². The highest BCUT2D eigenvalue weighted by molar-refractivity contribution is 5.49. The number of fused-ring (bicyclic) bond motifs is 1. The molecule has 2 aliphatic rings. The maximum Gasteiger partial charge on any atom is 0.0787 e. The van der Waals surface area contributed by atoms with E-state index in [0.29, 0.717) is 0 Å². The molecule has 0 radical (unpaired) electrons. The molecule has 3 rings (SSSR count). The van der Waals surface area contributed by atoms with Gasteiger partial charge in [-0.1, -0.05) is 25.5 Å². The minimum atomic E-state index is -0.311. The van der Waals surface area contributed by atoms with E-state index in [1.165, 1.54) is 44.3 Å². The summed E-state index contributed by atoms with van der Waals surface area (Å²) >= 11 is 0. The first-order chi connectivity index (χ1) is 9.29. The molecule has 104 valence electrons. The molecule has 1 heterocycles. The van der Waals surface area contributed by atoms with E-state index in [0.717, 1.165) is 23.9 Å². The van der Waals surface area contributed by atoms with Crippen molar-refractivity contribution in [3.63, 3.8) is 0 Å². The fourth-order valence-corrected chi connectivity index (χ4v) is 3.90. The van der Waals surface area contributed by atoms with Crippen LogP contribution in [0.2, 0.25) is 0 Å². The lowest BCUT2D eigenvalue weighted by Crippen LogP contribution is -2.42. The van der Waals surface area contributed by atoms with Crippen LogP contribution in [0.25, 0.3) is 0 Å². The van der Waals surface area contributed by atoms with Crippen LogP contribution in [-0.4, -0.2) is 17.7 Å². The molecule has 3 atom stereocenters. The summed E-state index contributed by atoms with van der Waals surface area (Å²) in [7, 11) is 0. The number of piperidine rings is 1. The fourth-order valence-electron chi connectivity index (χ4n) is 3.90. The molecule has 2 heteroatoms. The zero-order valence-electron chi connectivity index (χ0n) is 11.9. The van der Waals surface area contributed by atoms with Gasteiger partial charge in [-0.3, -0.25) is 0 Å². The van der Waals surface area contributed by atoms with Gasteiger partial charge in [-0.2, -0.15) is 0 Å². The average Bonchev–Trinajstić information content (AvgIpc) is 2.95. The average molecular weight is 259 g/mol. The Morgan fingerprint density at radius 2 is 1.89 bits per heavy atom. The Balaban J connectivity index is 1.77. The van der Waals surface area contributed by atoms with Gasteiger partial charge in [0, 0.05) is 18.3 Å². The summed E-state index contributed by atoms with van der Waals surface area (Å²) in [4.78, 5) is 2.61. The van der Waals surface area contributed by atoms with Crippen LogP contribution in [0.1, 0.15) is 57.1 Å². The molecule has 1 aliphatic carbocycles. The van der Waals surface area contributed by atoms with Crippen molar-refractivity contribution in [3.05, 3.63) is 29.8 Å². The van der Waals surface area contributed by atoms with E-state index in [2.05, 4.69) is 29.2 Å². The SMILES string of the molecule is CC[C@H](O)c1ccc(N2CCCC3CCCC32)cc1. The monoisotopic (exact) mass is 259 g/mol. The molecule has 1 aliphatic heterocycles. The maximum atomic E-state index is 9.87. The molecule has 2 fully saturated rings. The predicted octanol–water partition coefficient (Wildman–Crippen LogP) is 3.90. The van der Waals surface area contributed by atoms with Gasteiger partial charge in [-0.05, 0) is 55.7 Å². The number of hydrogen-bond donors (Lipinski definition) is 1. The van der Waals surface area contributed by atoms with Crippen LogP contribution >= 0.6 is 0 Å². The summed E-state index contributed by atoms with van der Waals surface area (Å²) in [6.45, 7) is 3.23. The molecule has 2 nitrogen and oxygen atoms in total. The Bertz CT molecular complexity index is 414. The summed E-state index contributed by atoms with van der Waals surface area (Å²) < 4.78 is 0. The minimum absolute atomic E-state index is 0.311. The third-order valence-electron chi connectivity index (χ3n) is 4.99. The fraction of sp³-hybridized carbons (Fsp3) is 0.647. The van der Waals surface area contributed by atoms with Crippen LogP contribution in [0.5, 0.6) is 0 Å². The normalized spacial score (nSPS) is 28.2. The molecular formula is C17H25NO. The number of benzene rings is 1. The van der Waals surface area contributed by atoms with Crippen molar-refractivity contribution in [2.24, 2.45) is 5.92 Å². The molecule has 0 spiro atoms. The van der Waals surface area contributed by atoms with Gasteiger partial charge in [0.25, 0.3) is 0 Å². The first-order valence-corrected chi connectivity index (χ1v) is 7.84. The number of nitrogens with zero attached hydrogens (tertiary/aromatic N) is 1. The van der Waals surface area contributed by atoms with E-state index >= 15 is 0 Å². The molecule has 0 amide bonds. The number of aliphatic hydroxyl groups is 1. The van der Waals surface area contributed by atoms with Crippen LogP contribution in [0.3, 0.4) is 0 Å². The van der Waals surface area contributed by atoms with Crippen molar-refractivity contribution in [2.75, 3.05) is 11.4 Å². The van der Waals surface area contributed by atoms with Crippen molar-refractivity contribution in [3.8, 4) is 0 Å². The number of anilines is 1.